The van der Waals surface area contributed by atoms with E-state index in [-0.39, 0.29) is 12.0 Å². The molecule has 4 rings (SSSR count). The Labute approximate surface area is 175 Å². The van der Waals surface area contributed by atoms with Gasteiger partial charge < -0.3 is 24.4 Å². The molecule has 0 aliphatic carbocycles. The molecule has 1 saturated heterocycles. The molecule has 0 aromatic heterocycles. The molecule has 2 aliphatic rings. The Kier molecular flexibility index (Phi) is 5.08. The summed E-state index contributed by atoms with van der Waals surface area (Å²) in [6.45, 7) is 4.51. The molecule has 3 atom stereocenters. The lowest BCUT2D eigenvalue weighted by molar-refractivity contribution is -0.176. The monoisotopic (exact) mass is 412 g/mol. The standard InChI is InChI=1S/C22H24N2O4S/c1-4-27-20(25)18-19-16-7-5-6-8-17(16)28-22(18,2)24(21(29)23-19)13-14-9-11-15(26-3)12-10-14/h5-12,18-19H,4,13H2,1-3H3,(H,23,29)/t18-,19-,22-/m0/s1. The summed E-state index contributed by atoms with van der Waals surface area (Å²) in [5, 5.41) is 3.91. The molecule has 6 nitrogen and oxygen atoms in total. The molecule has 0 saturated carbocycles. The zero-order valence-corrected chi connectivity index (χ0v) is 17.5. The summed E-state index contributed by atoms with van der Waals surface area (Å²) >= 11 is 5.69. The van der Waals surface area contributed by atoms with Crippen molar-refractivity contribution in [3.8, 4) is 11.5 Å². The SMILES string of the molecule is CCOC(=O)[C@@H]1[C@H]2NC(=S)N(Cc3ccc(OC)cc3)[C@@]1(C)Oc1ccccc12. The highest BCUT2D eigenvalue weighted by atomic mass is 32.1. The Balaban J connectivity index is 1.75. The number of methoxy groups -OCH3 is 1. The van der Waals surface area contributed by atoms with E-state index in [0.717, 1.165) is 22.6 Å². The first-order valence-corrected chi connectivity index (χ1v) is 10.0. The second-order valence-electron chi connectivity index (χ2n) is 7.29. The Hall–Kier alpha value is -2.80. The molecule has 0 spiro atoms. The van der Waals surface area contributed by atoms with Gasteiger partial charge in [-0.25, -0.2) is 0 Å². The van der Waals surface area contributed by atoms with Crippen molar-refractivity contribution in [2.75, 3.05) is 13.7 Å². The smallest absolute Gasteiger partial charge is 0.317 e. The van der Waals surface area contributed by atoms with Crippen LogP contribution in [0.3, 0.4) is 0 Å². The van der Waals surface area contributed by atoms with E-state index in [1.54, 1.807) is 14.0 Å². The third-order valence-corrected chi connectivity index (χ3v) is 5.92. The van der Waals surface area contributed by atoms with Gasteiger partial charge >= 0.3 is 5.97 Å². The average Bonchev–Trinajstić information content (AvgIpc) is 2.71. The van der Waals surface area contributed by atoms with Gasteiger partial charge in [-0.15, -0.1) is 0 Å². The second-order valence-corrected chi connectivity index (χ2v) is 7.67. The van der Waals surface area contributed by atoms with Gasteiger partial charge in [0.15, 0.2) is 10.8 Å². The van der Waals surface area contributed by atoms with E-state index in [4.69, 9.17) is 26.4 Å². The highest BCUT2D eigenvalue weighted by Crippen LogP contribution is 2.48. The van der Waals surface area contributed by atoms with Crippen LogP contribution in [-0.2, 0) is 16.1 Å². The summed E-state index contributed by atoms with van der Waals surface area (Å²) < 4.78 is 17.1. The summed E-state index contributed by atoms with van der Waals surface area (Å²) in [7, 11) is 1.64. The number of fused-ring (bicyclic) bond motifs is 4. The lowest BCUT2D eigenvalue weighted by atomic mass is 9.79. The van der Waals surface area contributed by atoms with Crippen molar-refractivity contribution < 1.29 is 19.0 Å². The lowest BCUT2D eigenvalue weighted by Gasteiger charge is -2.55. The highest BCUT2D eigenvalue weighted by molar-refractivity contribution is 7.80. The van der Waals surface area contributed by atoms with Crippen LogP contribution in [0.5, 0.6) is 11.5 Å². The highest BCUT2D eigenvalue weighted by Gasteiger charge is 2.59. The molecule has 2 bridgehead atoms. The maximum absolute atomic E-state index is 13.0. The number of thiocarbonyl (C=S) groups is 1. The Bertz CT molecular complexity index is 933. The molecule has 29 heavy (non-hydrogen) atoms. The normalized spacial score (nSPS) is 24.8. The van der Waals surface area contributed by atoms with Crippen molar-refractivity contribution in [2.45, 2.75) is 32.2 Å². The number of rotatable bonds is 5. The van der Waals surface area contributed by atoms with E-state index in [9.17, 15) is 4.79 Å². The van der Waals surface area contributed by atoms with Gasteiger partial charge in [0.05, 0.1) is 19.8 Å². The summed E-state index contributed by atoms with van der Waals surface area (Å²) in [5.74, 6) is 0.661. The van der Waals surface area contributed by atoms with Crippen molar-refractivity contribution in [1.29, 1.82) is 0 Å². The van der Waals surface area contributed by atoms with E-state index >= 15 is 0 Å². The van der Waals surface area contributed by atoms with Gasteiger partial charge in [-0.2, -0.15) is 0 Å². The molecule has 2 heterocycles. The van der Waals surface area contributed by atoms with Gasteiger partial charge in [-0.05, 0) is 49.8 Å². The molecule has 152 valence electrons. The number of esters is 1. The largest absolute Gasteiger partial charge is 0.497 e. The molecule has 2 aromatic carbocycles. The second kappa shape index (κ2) is 7.55. The zero-order chi connectivity index (χ0) is 20.6. The van der Waals surface area contributed by atoms with E-state index in [2.05, 4.69) is 5.32 Å². The van der Waals surface area contributed by atoms with Gasteiger partial charge in [-0.3, -0.25) is 4.79 Å². The lowest BCUT2D eigenvalue weighted by Crippen LogP contribution is -2.70. The minimum Gasteiger partial charge on any atom is -0.497 e. The molecule has 2 aliphatic heterocycles. The van der Waals surface area contributed by atoms with Crippen molar-refractivity contribution >= 4 is 23.3 Å². The van der Waals surface area contributed by atoms with Gasteiger partial charge in [-0.1, -0.05) is 30.3 Å². The summed E-state index contributed by atoms with van der Waals surface area (Å²) in [5.41, 5.74) is 0.960. The maximum Gasteiger partial charge on any atom is 0.317 e. The fourth-order valence-corrected chi connectivity index (χ4v) is 4.50. The molecular formula is C22H24N2O4S. The van der Waals surface area contributed by atoms with Crippen molar-refractivity contribution in [3.05, 3.63) is 59.7 Å². The fourth-order valence-electron chi connectivity index (χ4n) is 4.13. The van der Waals surface area contributed by atoms with Crippen molar-refractivity contribution in [2.24, 2.45) is 5.92 Å². The Morgan fingerprint density at radius 1 is 1.24 bits per heavy atom. The van der Waals surface area contributed by atoms with Crippen LogP contribution in [0.25, 0.3) is 0 Å². The van der Waals surface area contributed by atoms with Crippen LogP contribution in [0.15, 0.2) is 48.5 Å². The van der Waals surface area contributed by atoms with Crippen molar-refractivity contribution in [3.63, 3.8) is 0 Å². The number of nitrogens with zero attached hydrogens (tertiary/aromatic N) is 1. The number of hydrogen-bond acceptors (Lipinski definition) is 5. The predicted molar refractivity (Wildman–Crippen MR) is 113 cm³/mol. The average molecular weight is 413 g/mol. The van der Waals surface area contributed by atoms with Gasteiger partial charge in [0.2, 0.25) is 0 Å². The van der Waals surface area contributed by atoms with Crippen LogP contribution in [-0.4, -0.2) is 35.4 Å². The minimum atomic E-state index is -0.979. The van der Waals surface area contributed by atoms with E-state index in [1.165, 1.54) is 0 Å². The number of hydrogen-bond donors (Lipinski definition) is 1. The topological polar surface area (TPSA) is 60.0 Å². The summed E-state index contributed by atoms with van der Waals surface area (Å²) in [6, 6.07) is 15.2. The van der Waals surface area contributed by atoms with Crippen LogP contribution < -0.4 is 14.8 Å². The zero-order valence-electron chi connectivity index (χ0n) is 16.7. The summed E-state index contributed by atoms with van der Waals surface area (Å²) in [4.78, 5) is 14.9. The predicted octanol–water partition coefficient (Wildman–Crippen LogP) is 3.41. The van der Waals surface area contributed by atoms with E-state index in [1.807, 2.05) is 60.4 Å². The molecule has 1 fully saturated rings. The first-order chi connectivity index (χ1) is 14.0. The molecule has 0 amide bonds. The fraction of sp³-hybridized carbons (Fsp3) is 0.364. The molecule has 2 aromatic rings. The molecule has 1 N–H and O–H groups in total. The number of nitrogens with one attached hydrogen (secondary N) is 1. The Morgan fingerprint density at radius 3 is 2.66 bits per heavy atom. The van der Waals surface area contributed by atoms with Gasteiger partial charge in [0.25, 0.3) is 0 Å². The molecule has 0 unspecified atom stereocenters. The van der Waals surface area contributed by atoms with Gasteiger partial charge in [0, 0.05) is 12.1 Å². The molecule has 7 heteroatoms. The number of carbonyl (C=O) groups excluding carboxylic acids is 1. The third kappa shape index (κ3) is 3.29. The van der Waals surface area contributed by atoms with Crippen LogP contribution in [0, 0.1) is 5.92 Å². The first-order valence-electron chi connectivity index (χ1n) is 9.63. The van der Waals surface area contributed by atoms with E-state index < -0.39 is 11.6 Å². The number of ether oxygens (including phenoxy) is 3. The van der Waals surface area contributed by atoms with Crippen molar-refractivity contribution in [1.82, 2.24) is 10.2 Å². The van der Waals surface area contributed by atoms with Gasteiger partial charge in [0.1, 0.15) is 17.4 Å². The third-order valence-electron chi connectivity index (χ3n) is 5.58. The quantitative estimate of drug-likeness (QED) is 0.596. The molecular weight excluding hydrogens is 388 g/mol. The van der Waals surface area contributed by atoms with E-state index in [0.29, 0.717) is 18.3 Å². The molecule has 0 radical (unpaired) electrons. The summed E-state index contributed by atoms with van der Waals surface area (Å²) in [6.07, 6.45) is 0. The van der Waals surface area contributed by atoms with Crippen LogP contribution in [0.4, 0.5) is 0 Å². The number of carbonyl (C=O) groups is 1. The van der Waals surface area contributed by atoms with Crippen LogP contribution in [0.1, 0.15) is 31.0 Å². The van der Waals surface area contributed by atoms with Crippen LogP contribution in [0.2, 0.25) is 0 Å². The number of para-hydroxylation sites is 1. The first kappa shape index (κ1) is 19.5. The Morgan fingerprint density at radius 2 is 1.97 bits per heavy atom. The van der Waals surface area contributed by atoms with Crippen LogP contribution >= 0.6 is 12.2 Å². The number of benzene rings is 2. The minimum absolute atomic E-state index is 0.302. The maximum atomic E-state index is 13.0.